The van der Waals surface area contributed by atoms with Crippen molar-refractivity contribution in [2.75, 3.05) is 11.9 Å². The third kappa shape index (κ3) is 6.37. The maximum atomic E-state index is 13.1. The second-order valence-electron chi connectivity index (χ2n) is 6.76. The van der Waals surface area contributed by atoms with Gasteiger partial charge in [0, 0.05) is 5.69 Å². The molecule has 0 unspecified atom stereocenters. The number of ether oxygens (including phenoxy) is 1. The molecule has 0 aromatic heterocycles. The maximum Gasteiger partial charge on any atom is 0.242 e. The molecule has 0 spiro atoms. The second-order valence-corrected chi connectivity index (χ2v) is 8.48. The Labute approximate surface area is 181 Å². The molecular formula is C23H23FN2O4S. The molecule has 0 aliphatic heterocycles. The van der Waals surface area contributed by atoms with Crippen molar-refractivity contribution in [2.45, 2.75) is 24.3 Å². The molecule has 0 fully saturated rings. The van der Waals surface area contributed by atoms with Crippen molar-refractivity contribution < 1.29 is 22.3 Å². The highest BCUT2D eigenvalue weighted by Gasteiger charge is 2.26. The van der Waals surface area contributed by atoms with E-state index in [1.807, 2.05) is 37.3 Å². The smallest absolute Gasteiger partial charge is 0.242 e. The number of carbonyl (C=O) groups is 1. The molecule has 3 rings (SSSR count). The molecule has 31 heavy (non-hydrogen) atoms. The molecule has 6 nitrogen and oxygen atoms in total. The highest BCUT2D eigenvalue weighted by atomic mass is 32.2. The molecule has 0 heterocycles. The fraction of sp³-hybridized carbons (Fsp3) is 0.174. The number of hydrogen-bond donors (Lipinski definition) is 2. The third-order valence-corrected chi connectivity index (χ3v) is 5.94. The molecule has 1 atom stereocenters. The van der Waals surface area contributed by atoms with Gasteiger partial charge in [-0.2, -0.15) is 4.72 Å². The van der Waals surface area contributed by atoms with Crippen LogP contribution in [0.2, 0.25) is 0 Å². The molecule has 0 saturated heterocycles. The molecular weight excluding hydrogens is 419 g/mol. The highest BCUT2D eigenvalue weighted by molar-refractivity contribution is 7.89. The van der Waals surface area contributed by atoms with Crippen LogP contribution in [0.3, 0.4) is 0 Å². The van der Waals surface area contributed by atoms with Crippen molar-refractivity contribution in [3.8, 4) is 5.75 Å². The summed E-state index contributed by atoms with van der Waals surface area (Å²) < 4.78 is 46.8. The summed E-state index contributed by atoms with van der Waals surface area (Å²) in [6, 6.07) is 19.2. The van der Waals surface area contributed by atoms with Crippen molar-refractivity contribution in [3.63, 3.8) is 0 Å². The van der Waals surface area contributed by atoms with Crippen molar-refractivity contribution >= 4 is 21.6 Å². The average molecular weight is 443 g/mol. The first-order chi connectivity index (χ1) is 14.9. The van der Waals surface area contributed by atoms with Crippen LogP contribution in [0.5, 0.6) is 5.75 Å². The van der Waals surface area contributed by atoms with Crippen molar-refractivity contribution in [1.82, 2.24) is 4.72 Å². The van der Waals surface area contributed by atoms with Crippen molar-refractivity contribution in [1.29, 1.82) is 0 Å². The molecule has 0 aliphatic rings. The minimum absolute atomic E-state index is 0.0172. The lowest BCUT2D eigenvalue weighted by Gasteiger charge is -2.19. The molecule has 0 aliphatic carbocycles. The van der Waals surface area contributed by atoms with Crippen LogP contribution in [0.1, 0.15) is 12.5 Å². The van der Waals surface area contributed by atoms with Gasteiger partial charge in [-0.3, -0.25) is 4.79 Å². The van der Waals surface area contributed by atoms with Gasteiger partial charge < -0.3 is 10.1 Å². The number of anilines is 1. The monoisotopic (exact) mass is 442 g/mol. The highest BCUT2D eigenvalue weighted by Crippen LogP contribution is 2.17. The van der Waals surface area contributed by atoms with Crippen LogP contribution in [0.15, 0.2) is 83.8 Å². The van der Waals surface area contributed by atoms with Crippen LogP contribution in [0.25, 0.3) is 0 Å². The number of halogens is 1. The normalized spacial score (nSPS) is 12.2. The predicted molar refractivity (Wildman–Crippen MR) is 117 cm³/mol. The zero-order chi connectivity index (χ0) is 22.3. The van der Waals surface area contributed by atoms with Gasteiger partial charge in [0.15, 0.2) is 0 Å². The topological polar surface area (TPSA) is 84.5 Å². The number of sulfonamides is 1. The quantitative estimate of drug-likeness (QED) is 0.529. The molecule has 0 saturated carbocycles. The Morgan fingerprint density at radius 2 is 1.61 bits per heavy atom. The lowest BCUT2D eigenvalue weighted by Crippen LogP contribution is -2.45. The van der Waals surface area contributed by atoms with Gasteiger partial charge in [-0.05, 0) is 67.4 Å². The van der Waals surface area contributed by atoms with Gasteiger partial charge in [0.25, 0.3) is 0 Å². The molecule has 3 aromatic carbocycles. The van der Waals surface area contributed by atoms with E-state index >= 15 is 0 Å². The largest absolute Gasteiger partial charge is 0.494 e. The summed E-state index contributed by atoms with van der Waals surface area (Å²) in [7, 11) is -3.98. The van der Waals surface area contributed by atoms with E-state index in [-0.39, 0.29) is 11.3 Å². The summed E-state index contributed by atoms with van der Waals surface area (Å²) in [5.74, 6) is -0.434. The Morgan fingerprint density at radius 1 is 0.968 bits per heavy atom. The predicted octanol–water partition coefficient (Wildman–Crippen LogP) is 3.75. The minimum atomic E-state index is -3.98. The van der Waals surface area contributed by atoms with Gasteiger partial charge in [0.1, 0.15) is 17.6 Å². The third-order valence-electron chi connectivity index (χ3n) is 4.45. The van der Waals surface area contributed by atoms with E-state index in [2.05, 4.69) is 10.0 Å². The molecule has 1 amide bonds. The van der Waals surface area contributed by atoms with Crippen LogP contribution in [0, 0.1) is 5.82 Å². The summed E-state index contributed by atoms with van der Waals surface area (Å²) in [5, 5.41) is 2.64. The number of carbonyl (C=O) groups excluding carboxylic acids is 1. The van der Waals surface area contributed by atoms with E-state index in [1.54, 1.807) is 12.1 Å². The Balaban J connectivity index is 1.82. The van der Waals surface area contributed by atoms with E-state index in [9.17, 15) is 17.6 Å². The van der Waals surface area contributed by atoms with Gasteiger partial charge >= 0.3 is 0 Å². The number of amides is 1. The summed E-state index contributed by atoms with van der Waals surface area (Å²) in [6.45, 7) is 2.30. The summed E-state index contributed by atoms with van der Waals surface area (Å²) in [6.07, 6.45) is 0.143. The first-order valence-corrected chi connectivity index (χ1v) is 11.2. The van der Waals surface area contributed by atoms with Crippen LogP contribution in [-0.2, 0) is 21.2 Å². The number of benzene rings is 3. The first-order valence-electron chi connectivity index (χ1n) is 9.73. The Kier molecular flexibility index (Phi) is 7.38. The molecule has 2 N–H and O–H groups in total. The number of rotatable bonds is 9. The lowest BCUT2D eigenvalue weighted by molar-refractivity contribution is -0.117. The van der Waals surface area contributed by atoms with Crippen LogP contribution in [-0.4, -0.2) is 27.0 Å². The van der Waals surface area contributed by atoms with Gasteiger partial charge in [-0.1, -0.05) is 30.3 Å². The molecule has 0 bridgehead atoms. The van der Waals surface area contributed by atoms with Crippen LogP contribution in [0.4, 0.5) is 10.1 Å². The van der Waals surface area contributed by atoms with Crippen LogP contribution < -0.4 is 14.8 Å². The Bertz CT molecular complexity index is 1100. The minimum Gasteiger partial charge on any atom is -0.494 e. The van der Waals surface area contributed by atoms with E-state index in [4.69, 9.17) is 4.74 Å². The zero-order valence-electron chi connectivity index (χ0n) is 16.9. The average Bonchev–Trinajstić information content (AvgIpc) is 2.76. The Hall–Kier alpha value is -3.23. The Morgan fingerprint density at radius 3 is 2.23 bits per heavy atom. The summed E-state index contributed by atoms with van der Waals surface area (Å²) in [4.78, 5) is 12.9. The summed E-state index contributed by atoms with van der Waals surface area (Å²) in [5.41, 5.74) is 1.15. The number of nitrogens with one attached hydrogen (secondary N) is 2. The van der Waals surface area contributed by atoms with E-state index < -0.39 is 27.8 Å². The fourth-order valence-electron chi connectivity index (χ4n) is 2.94. The second kappa shape index (κ2) is 10.2. The van der Waals surface area contributed by atoms with Gasteiger partial charge in [-0.15, -0.1) is 0 Å². The van der Waals surface area contributed by atoms with Crippen molar-refractivity contribution in [2.24, 2.45) is 0 Å². The van der Waals surface area contributed by atoms with Crippen molar-refractivity contribution in [3.05, 3.63) is 90.2 Å². The van der Waals surface area contributed by atoms with Crippen LogP contribution >= 0.6 is 0 Å². The SMILES string of the molecule is CCOc1ccc(S(=O)(=O)N[C@H](Cc2ccccc2)C(=O)Nc2ccc(F)cc2)cc1. The lowest BCUT2D eigenvalue weighted by atomic mass is 10.1. The van der Waals surface area contributed by atoms with E-state index in [0.29, 0.717) is 18.0 Å². The maximum absolute atomic E-state index is 13.1. The standard InChI is InChI=1S/C23H23FN2O4S/c1-2-30-20-12-14-21(15-13-20)31(28,29)26-22(16-17-6-4-3-5-7-17)23(27)25-19-10-8-18(24)9-11-19/h3-15,22,26H,2,16H2,1H3,(H,25,27)/t22-/m1/s1. The number of hydrogen-bond acceptors (Lipinski definition) is 4. The molecule has 3 aromatic rings. The van der Waals surface area contributed by atoms with Gasteiger partial charge in [0.2, 0.25) is 15.9 Å². The molecule has 0 radical (unpaired) electrons. The van der Waals surface area contributed by atoms with Gasteiger partial charge in [0.05, 0.1) is 11.5 Å². The van der Waals surface area contributed by atoms with E-state index in [1.165, 1.54) is 36.4 Å². The zero-order valence-corrected chi connectivity index (χ0v) is 17.7. The van der Waals surface area contributed by atoms with E-state index in [0.717, 1.165) is 5.56 Å². The molecule has 162 valence electrons. The first kappa shape index (κ1) is 22.5. The molecule has 8 heteroatoms. The van der Waals surface area contributed by atoms with Gasteiger partial charge in [-0.25, -0.2) is 12.8 Å². The fourth-order valence-corrected chi connectivity index (χ4v) is 4.13. The summed E-state index contributed by atoms with van der Waals surface area (Å²) >= 11 is 0.